The summed E-state index contributed by atoms with van der Waals surface area (Å²) in [4.78, 5) is 11.7. The molecule has 0 bridgehead atoms. The third-order valence-electron chi connectivity index (χ3n) is 4.87. The minimum absolute atomic E-state index is 0.324. The lowest BCUT2D eigenvalue weighted by Crippen LogP contribution is -2.30. The first kappa shape index (κ1) is 20.7. The van der Waals surface area contributed by atoms with Crippen molar-refractivity contribution in [2.24, 2.45) is 0 Å². The third-order valence-corrected chi connectivity index (χ3v) is 8.03. The van der Waals surface area contributed by atoms with Crippen molar-refractivity contribution in [1.29, 1.82) is 0 Å². The van der Waals surface area contributed by atoms with E-state index in [2.05, 4.69) is 29.1 Å². The molecule has 0 amide bonds. The number of nitrogens with zero attached hydrogens (tertiary/aromatic N) is 3. The number of nitrogens with one attached hydrogen (secondary N) is 1. The second kappa shape index (κ2) is 8.14. The molecule has 8 heteroatoms. The number of rotatable bonds is 7. The molecule has 0 unspecified atom stereocenters. The van der Waals surface area contributed by atoms with Gasteiger partial charge in [0.25, 0.3) is 0 Å². The van der Waals surface area contributed by atoms with E-state index in [1.54, 1.807) is 23.5 Å². The molecule has 3 rings (SSSR count). The van der Waals surface area contributed by atoms with Crippen LogP contribution in [-0.4, -0.2) is 35.8 Å². The Morgan fingerprint density at radius 1 is 1.04 bits per heavy atom. The van der Waals surface area contributed by atoms with Crippen LogP contribution in [0.25, 0.3) is 10.2 Å². The van der Waals surface area contributed by atoms with E-state index in [1.165, 1.54) is 14.7 Å². The summed E-state index contributed by atoms with van der Waals surface area (Å²) in [6, 6.07) is 7.04. The van der Waals surface area contributed by atoms with Crippen LogP contribution in [-0.2, 0) is 16.6 Å². The Balaban J connectivity index is 1.82. The lowest BCUT2D eigenvalue weighted by Gasteiger charge is -2.18. The lowest BCUT2D eigenvalue weighted by atomic mass is 10.2. The Morgan fingerprint density at radius 3 is 2.29 bits per heavy atom. The maximum Gasteiger partial charge on any atom is 0.243 e. The molecule has 0 aliphatic carbocycles. The highest BCUT2D eigenvalue weighted by atomic mass is 32.2. The highest BCUT2D eigenvalue weighted by Gasteiger charge is 2.21. The summed E-state index contributed by atoms with van der Waals surface area (Å²) < 4.78 is 26.7. The van der Waals surface area contributed by atoms with Crippen LogP contribution >= 0.6 is 11.3 Å². The SMILES string of the molecule is CCN(CC)S(=O)(=O)c1ccc(CNc2nc(C)nc3sc(C)c(C)c23)cc1. The molecule has 0 spiro atoms. The predicted octanol–water partition coefficient (Wildman–Crippen LogP) is 4.26. The number of thiophene rings is 1. The Hall–Kier alpha value is -2.03. The topological polar surface area (TPSA) is 75.2 Å². The van der Waals surface area contributed by atoms with E-state index >= 15 is 0 Å². The summed E-state index contributed by atoms with van der Waals surface area (Å²) in [5.74, 6) is 1.56. The number of aryl methyl sites for hydroxylation is 3. The fourth-order valence-electron chi connectivity index (χ4n) is 3.16. The van der Waals surface area contributed by atoms with E-state index < -0.39 is 10.0 Å². The predicted molar refractivity (Wildman–Crippen MR) is 116 cm³/mol. The molecule has 1 N–H and O–H groups in total. The standard InChI is InChI=1S/C20H26N4O2S2/c1-6-24(7-2)28(25,26)17-10-8-16(9-11-17)12-21-19-18-13(3)14(4)27-20(18)23-15(5)22-19/h8-11H,6-7,12H2,1-5H3,(H,21,22,23). The summed E-state index contributed by atoms with van der Waals surface area (Å²) >= 11 is 1.68. The number of hydrogen-bond acceptors (Lipinski definition) is 6. The molecule has 6 nitrogen and oxygen atoms in total. The van der Waals surface area contributed by atoms with Crippen LogP contribution in [0.1, 0.15) is 35.7 Å². The van der Waals surface area contributed by atoms with Crippen molar-refractivity contribution >= 4 is 37.4 Å². The van der Waals surface area contributed by atoms with E-state index in [-0.39, 0.29) is 0 Å². The van der Waals surface area contributed by atoms with Gasteiger partial charge in [-0.3, -0.25) is 0 Å². The second-order valence-electron chi connectivity index (χ2n) is 6.67. The smallest absolute Gasteiger partial charge is 0.243 e. The van der Waals surface area contributed by atoms with Gasteiger partial charge in [0.15, 0.2) is 0 Å². The summed E-state index contributed by atoms with van der Waals surface area (Å²) in [5, 5.41) is 4.46. The van der Waals surface area contributed by atoms with Gasteiger partial charge in [-0.2, -0.15) is 4.31 Å². The number of benzene rings is 1. The van der Waals surface area contributed by atoms with Crippen LogP contribution in [0.3, 0.4) is 0 Å². The first-order chi connectivity index (χ1) is 13.3. The average molecular weight is 419 g/mol. The van der Waals surface area contributed by atoms with Crippen molar-refractivity contribution in [3.8, 4) is 0 Å². The van der Waals surface area contributed by atoms with Crippen molar-refractivity contribution in [2.45, 2.75) is 46.1 Å². The fraction of sp³-hybridized carbons (Fsp3) is 0.400. The van der Waals surface area contributed by atoms with Gasteiger partial charge in [-0.15, -0.1) is 11.3 Å². The number of fused-ring (bicyclic) bond motifs is 1. The van der Waals surface area contributed by atoms with Crippen molar-refractivity contribution in [3.05, 3.63) is 46.1 Å². The van der Waals surface area contributed by atoms with E-state index in [1.807, 2.05) is 32.9 Å². The molecule has 2 aromatic heterocycles. The maximum absolute atomic E-state index is 12.6. The number of anilines is 1. The molecule has 0 saturated carbocycles. The Bertz CT molecular complexity index is 1090. The van der Waals surface area contributed by atoms with Crippen molar-refractivity contribution in [2.75, 3.05) is 18.4 Å². The molecule has 0 aliphatic heterocycles. The maximum atomic E-state index is 12.6. The van der Waals surface area contributed by atoms with E-state index in [4.69, 9.17) is 0 Å². The molecular weight excluding hydrogens is 392 g/mol. The van der Waals surface area contributed by atoms with Gasteiger partial charge in [-0.05, 0) is 44.0 Å². The zero-order valence-corrected chi connectivity index (χ0v) is 18.5. The Labute approximate surface area is 170 Å². The lowest BCUT2D eigenvalue weighted by molar-refractivity contribution is 0.445. The van der Waals surface area contributed by atoms with Gasteiger partial charge in [-0.1, -0.05) is 26.0 Å². The molecule has 3 aromatic rings. The molecule has 0 aliphatic rings. The van der Waals surface area contributed by atoms with Crippen molar-refractivity contribution in [3.63, 3.8) is 0 Å². The highest BCUT2D eigenvalue weighted by molar-refractivity contribution is 7.89. The third kappa shape index (κ3) is 3.90. The van der Waals surface area contributed by atoms with Gasteiger partial charge < -0.3 is 5.32 Å². The van der Waals surface area contributed by atoms with E-state index in [0.29, 0.717) is 24.5 Å². The first-order valence-electron chi connectivity index (χ1n) is 9.35. The van der Waals surface area contributed by atoms with E-state index in [9.17, 15) is 8.42 Å². The van der Waals surface area contributed by atoms with Gasteiger partial charge in [0.05, 0.1) is 10.3 Å². The van der Waals surface area contributed by atoms with Crippen LogP contribution in [0.5, 0.6) is 0 Å². The Morgan fingerprint density at radius 2 is 1.68 bits per heavy atom. The monoisotopic (exact) mass is 418 g/mol. The Kier molecular flexibility index (Phi) is 6.02. The molecule has 0 saturated heterocycles. The van der Waals surface area contributed by atoms with Gasteiger partial charge in [0, 0.05) is 24.5 Å². The van der Waals surface area contributed by atoms with Gasteiger partial charge >= 0.3 is 0 Å². The van der Waals surface area contributed by atoms with Crippen molar-refractivity contribution in [1.82, 2.24) is 14.3 Å². The molecular formula is C20H26N4O2S2. The fourth-order valence-corrected chi connectivity index (χ4v) is 5.69. The first-order valence-corrected chi connectivity index (χ1v) is 11.6. The van der Waals surface area contributed by atoms with Crippen LogP contribution in [0, 0.1) is 20.8 Å². The van der Waals surface area contributed by atoms with Crippen LogP contribution in [0.4, 0.5) is 5.82 Å². The zero-order chi connectivity index (χ0) is 20.5. The largest absolute Gasteiger partial charge is 0.365 e. The van der Waals surface area contributed by atoms with Gasteiger partial charge in [0.2, 0.25) is 10.0 Å². The van der Waals surface area contributed by atoms with Crippen LogP contribution in [0.2, 0.25) is 0 Å². The molecule has 0 fully saturated rings. The minimum Gasteiger partial charge on any atom is -0.365 e. The normalized spacial score (nSPS) is 12.1. The van der Waals surface area contributed by atoms with Crippen molar-refractivity contribution < 1.29 is 8.42 Å². The summed E-state index contributed by atoms with van der Waals surface area (Å²) in [5.41, 5.74) is 2.19. The summed E-state index contributed by atoms with van der Waals surface area (Å²) in [6.07, 6.45) is 0. The highest BCUT2D eigenvalue weighted by Crippen LogP contribution is 2.33. The number of hydrogen-bond donors (Lipinski definition) is 1. The molecule has 150 valence electrons. The van der Waals surface area contributed by atoms with E-state index in [0.717, 1.165) is 27.4 Å². The number of sulfonamides is 1. The minimum atomic E-state index is -3.43. The summed E-state index contributed by atoms with van der Waals surface area (Å²) in [7, 11) is -3.43. The molecule has 0 radical (unpaired) electrons. The molecule has 1 aromatic carbocycles. The van der Waals surface area contributed by atoms with Crippen LogP contribution in [0.15, 0.2) is 29.2 Å². The second-order valence-corrected chi connectivity index (χ2v) is 9.81. The quantitative estimate of drug-likeness (QED) is 0.620. The number of aromatic nitrogens is 2. The molecule has 28 heavy (non-hydrogen) atoms. The van der Waals surface area contributed by atoms with Crippen LogP contribution < -0.4 is 5.32 Å². The molecule has 2 heterocycles. The molecule has 0 atom stereocenters. The average Bonchev–Trinajstić information content (AvgIpc) is 2.94. The zero-order valence-electron chi connectivity index (χ0n) is 16.9. The van der Waals surface area contributed by atoms with Gasteiger partial charge in [0.1, 0.15) is 16.5 Å². The summed E-state index contributed by atoms with van der Waals surface area (Å²) in [6.45, 7) is 11.2. The van der Waals surface area contributed by atoms with Gasteiger partial charge in [-0.25, -0.2) is 18.4 Å².